The molecule has 0 aliphatic heterocycles. The Hall–Kier alpha value is -0.520. The Bertz CT molecular complexity index is 134. The molecule has 0 amide bonds. The zero-order chi connectivity index (χ0) is 9.45. The molecule has 0 aromatic rings. The molecule has 0 radical (unpaired) electrons. The SMILES string of the molecule is C=CCCC1(C)CC=CC1.CC. The molecule has 0 nitrogen and oxygen atoms in total. The van der Waals surface area contributed by atoms with Crippen molar-refractivity contribution < 1.29 is 0 Å². The van der Waals surface area contributed by atoms with Gasteiger partial charge in [0.25, 0.3) is 0 Å². The van der Waals surface area contributed by atoms with Crippen LogP contribution in [0.4, 0.5) is 0 Å². The van der Waals surface area contributed by atoms with Crippen LogP contribution in [-0.2, 0) is 0 Å². The molecule has 0 fully saturated rings. The van der Waals surface area contributed by atoms with Gasteiger partial charge < -0.3 is 0 Å². The van der Waals surface area contributed by atoms with E-state index < -0.39 is 0 Å². The highest BCUT2D eigenvalue weighted by Crippen LogP contribution is 2.36. The predicted octanol–water partition coefficient (Wildman–Crippen LogP) is 4.34. The topological polar surface area (TPSA) is 0 Å². The summed E-state index contributed by atoms with van der Waals surface area (Å²) >= 11 is 0. The Labute approximate surface area is 77.4 Å². The Morgan fingerprint density at radius 3 is 2.25 bits per heavy atom. The van der Waals surface area contributed by atoms with E-state index in [2.05, 4.69) is 25.7 Å². The van der Waals surface area contributed by atoms with Gasteiger partial charge in [-0.15, -0.1) is 6.58 Å². The molecule has 1 aliphatic carbocycles. The second kappa shape index (κ2) is 6.05. The van der Waals surface area contributed by atoms with Gasteiger partial charge in [-0.25, -0.2) is 0 Å². The first kappa shape index (κ1) is 11.5. The van der Waals surface area contributed by atoms with E-state index in [1.165, 1.54) is 19.3 Å². The molecule has 0 heterocycles. The third kappa shape index (κ3) is 3.75. The molecule has 0 aromatic carbocycles. The monoisotopic (exact) mass is 166 g/mol. The summed E-state index contributed by atoms with van der Waals surface area (Å²) in [5.74, 6) is 0. The lowest BCUT2D eigenvalue weighted by Crippen LogP contribution is -2.10. The van der Waals surface area contributed by atoms with Crippen LogP contribution in [0.25, 0.3) is 0 Å². The van der Waals surface area contributed by atoms with Crippen LogP contribution in [-0.4, -0.2) is 0 Å². The minimum Gasteiger partial charge on any atom is -0.103 e. The number of hydrogen-bond donors (Lipinski definition) is 0. The third-order valence-electron chi connectivity index (χ3n) is 2.34. The van der Waals surface area contributed by atoms with E-state index in [-0.39, 0.29) is 0 Å². The summed E-state index contributed by atoms with van der Waals surface area (Å²) < 4.78 is 0. The minimum absolute atomic E-state index is 0.564. The molecule has 0 bridgehead atoms. The first-order valence-corrected chi connectivity index (χ1v) is 5.03. The lowest BCUT2D eigenvalue weighted by Gasteiger charge is -2.22. The fourth-order valence-electron chi connectivity index (χ4n) is 1.47. The van der Waals surface area contributed by atoms with Crippen LogP contribution < -0.4 is 0 Å². The molecule has 70 valence electrons. The van der Waals surface area contributed by atoms with Gasteiger partial charge in [0.1, 0.15) is 0 Å². The molecular weight excluding hydrogens is 144 g/mol. The summed E-state index contributed by atoms with van der Waals surface area (Å²) in [5, 5.41) is 0. The summed E-state index contributed by atoms with van der Waals surface area (Å²) in [6.45, 7) is 10.1. The van der Waals surface area contributed by atoms with Crippen molar-refractivity contribution in [1.29, 1.82) is 0 Å². The number of allylic oxidation sites excluding steroid dienone is 3. The van der Waals surface area contributed by atoms with Gasteiger partial charge in [0, 0.05) is 0 Å². The molecule has 0 atom stereocenters. The van der Waals surface area contributed by atoms with Gasteiger partial charge in [0.05, 0.1) is 0 Å². The lowest BCUT2D eigenvalue weighted by molar-refractivity contribution is 0.325. The number of rotatable bonds is 3. The van der Waals surface area contributed by atoms with Crippen LogP contribution in [0.3, 0.4) is 0 Å². The van der Waals surface area contributed by atoms with E-state index in [0.717, 1.165) is 6.42 Å². The van der Waals surface area contributed by atoms with Crippen LogP contribution in [0.1, 0.15) is 46.5 Å². The molecule has 0 saturated carbocycles. The standard InChI is InChI=1S/C10H16.C2H6/c1-3-4-7-10(2)8-5-6-9-10;1-2/h3,5-6H,1,4,7-9H2,2H3;1-2H3. The van der Waals surface area contributed by atoms with Crippen LogP contribution in [0.2, 0.25) is 0 Å². The van der Waals surface area contributed by atoms with Crippen molar-refractivity contribution in [2.45, 2.75) is 46.5 Å². The third-order valence-corrected chi connectivity index (χ3v) is 2.34. The van der Waals surface area contributed by atoms with Gasteiger partial charge in [-0.1, -0.05) is 39.0 Å². The molecule has 1 aliphatic rings. The van der Waals surface area contributed by atoms with E-state index in [1.54, 1.807) is 0 Å². The molecule has 0 saturated heterocycles. The number of hydrogen-bond acceptors (Lipinski definition) is 0. The van der Waals surface area contributed by atoms with E-state index in [9.17, 15) is 0 Å². The van der Waals surface area contributed by atoms with Crippen molar-refractivity contribution in [3.63, 3.8) is 0 Å². The highest BCUT2D eigenvalue weighted by molar-refractivity contribution is 5.01. The fraction of sp³-hybridized carbons (Fsp3) is 0.667. The first-order chi connectivity index (χ1) is 5.77. The van der Waals surface area contributed by atoms with E-state index >= 15 is 0 Å². The Morgan fingerprint density at radius 1 is 1.33 bits per heavy atom. The molecule has 0 spiro atoms. The van der Waals surface area contributed by atoms with Crippen molar-refractivity contribution >= 4 is 0 Å². The van der Waals surface area contributed by atoms with Gasteiger partial charge in [-0.05, 0) is 31.1 Å². The summed E-state index contributed by atoms with van der Waals surface area (Å²) in [6.07, 6.45) is 11.6. The van der Waals surface area contributed by atoms with Gasteiger partial charge in [0.15, 0.2) is 0 Å². The maximum atomic E-state index is 3.73. The molecule has 0 aromatic heterocycles. The van der Waals surface area contributed by atoms with Gasteiger partial charge in [0.2, 0.25) is 0 Å². The molecular formula is C12H22. The Balaban J connectivity index is 0.000000561. The largest absolute Gasteiger partial charge is 0.103 e. The maximum Gasteiger partial charge on any atom is -0.0254 e. The van der Waals surface area contributed by atoms with E-state index in [1.807, 2.05) is 19.9 Å². The Morgan fingerprint density at radius 2 is 1.83 bits per heavy atom. The van der Waals surface area contributed by atoms with Crippen molar-refractivity contribution in [3.05, 3.63) is 24.8 Å². The highest BCUT2D eigenvalue weighted by atomic mass is 14.3. The van der Waals surface area contributed by atoms with Gasteiger partial charge >= 0.3 is 0 Å². The van der Waals surface area contributed by atoms with Crippen LogP contribution in [0.15, 0.2) is 24.8 Å². The van der Waals surface area contributed by atoms with Crippen molar-refractivity contribution in [3.8, 4) is 0 Å². The quantitative estimate of drug-likeness (QED) is 0.547. The smallest absolute Gasteiger partial charge is 0.0254 e. The zero-order valence-corrected chi connectivity index (χ0v) is 8.77. The van der Waals surface area contributed by atoms with Crippen molar-refractivity contribution in [2.24, 2.45) is 5.41 Å². The second-order valence-electron chi connectivity index (χ2n) is 3.52. The zero-order valence-electron chi connectivity index (χ0n) is 8.77. The maximum absolute atomic E-state index is 3.73. The molecule has 0 unspecified atom stereocenters. The normalized spacial score (nSPS) is 18.2. The Kier molecular flexibility index (Phi) is 5.79. The second-order valence-corrected chi connectivity index (χ2v) is 3.52. The van der Waals surface area contributed by atoms with E-state index in [0.29, 0.717) is 5.41 Å². The van der Waals surface area contributed by atoms with E-state index in [4.69, 9.17) is 0 Å². The average Bonchev–Trinajstić information content (AvgIpc) is 2.53. The average molecular weight is 166 g/mol. The lowest BCUT2D eigenvalue weighted by atomic mass is 9.83. The van der Waals surface area contributed by atoms with Crippen LogP contribution in [0, 0.1) is 5.41 Å². The molecule has 12 heavy (non-hydrogen) atoms. The van der Waals surface area contributed by atoms with Crippen LogP contribution in [0.5, 0.6) is 0 Å². The minimum atomic E-state index is 0.564. The summed E-state index contributed by atoms with van der Waals surface area (Å²) in [6, 6.07) is 0. The van der Waals surface area contributed by atoms with Crippen LogP contribution >= 0.6 is 0 Å². The molecule has 0 heteroatoms. The highest BCUT2D eigenvalue weighted by Gasteiger charge is 2.23. The molecule has 0 N–H and O–H groups in total. The fourth-order valence-corrected chi connectivity index (χ4v) is 1.47. The molecule has 1 rings (SSSR count). The van der Waals surface area contributed by atoms with Gasteiger partial charge in [-0.2, -0.15) is 0 Å². The van der Waals surface area contributed by atoms with Gasteiger partial charge in [-0.3, -0.25) is 0 Å². The summed E-state index contributed by atoms with van der Waals surface area (Å²) in [7, 11) is 0. The first-order valence-electron chi connectivity index (χ1n) is 5.03. The van der Waals surface area contributed by atoms with Crippen molar-refractivity contribution in [1.82, 2.24) is 0 Å². The predicted molar refractivity (Wildman–Crippen MR) is 57.3 cm³/mol. The van der Waals surface area contributed by atoms with Crippen molar-refractivity contribution in [2.75, 3.05) is 0 Å². The summed E-state index contributed by atoms with van der Waals surface area (Å²) in [4.78, 5) is 0. The summed E-state index contributed by atoms with van der Waals surface area (Å²) in [5.41, 5.74) is 0.564.